The summed E-state index contributed by atoms with van der Waals surface area (Å²) in [5.74, 6) is 1.18. The summed E-state index contributed by atoms with van der Waals surface area (Å²) in [5, 5.41) is 13.9. The van der Waals surface area contributed by atoms with Crippen LogP contribution in [0.3, 0.4) is 0 Å². The number of aromatic nitrogens is 4. The second-order valence-corrected chi connectivity index (χ2v) is 6.63. The minimum Gasteiger partial charge on any atom is -0.478 e. The van der Waals surface area contributed by atoms with Crippen LogP contribution in [0, 0.1) is 0 Å². The lowest BCUT2D eigenvalue weighted by Gasteiger charge is -2.36. The normalized spacial score (nSPS) is 19.5. The van der Waals surface area contributed by atoms with Gasteiger partial charge >= 0.3 is 0 Å². The molecule has 2 N–H and O–H groups in total. The Bertz CT molecular complexity index is 801. The molecule has 0 spiro atoms. The van der Waals surface area contributed by atoms with Gasteiger partial charge in [-0.15, -0.1) is 0 Å². The topological polar surface area (TPSA) is 105 Å². The Morgan fingerprint density at radius 1 is 1.31 bits per heavy atom. The number of nitrogens with one attached hydrogen (secondary N) is 2. The van der Waals surface area contributed by atoms with Gasteiger partial charge in [-0.2, -0.15) is 10.2 Å². The molecule has 1 amide bonds. The molecule has 0 aromatic carbocycles. The average Bonchev–Trinajstić information content (AvgIpc) is 3.11. The number of carbonyl (C=O) groups is 1. The molecule has 2 aromatic rings. The molecule has 0 radical (unpaired) electrons. The summed E-state index contributed by atoms with van der Waals surface area (Å²) in [6.07, 6.45) is 4.03. The van der Waals surface area contributed by atoms with E-state index in [0.29, 0.717) is 24.7 Å². The number of ether oxygens (including phenoxy) is 1. The molecule has 1 atom stereocenters. The van der Waals surface area contributed by atoms with Gasteiger partial charge in [-0.25, -0.2) is 9.78 Å². The highest BCUT2D eigenvalue weighted by atomic mass is 16.5. The Hall–Kier alpha value is -2.84. The molecule has 138 valence electrons. The molecule has 1 unspecified atom stereocenters. The molecule has 9 heteroatoms. The fraction of sp³-hybridized carbons (Fsp3) is 0.529. The van der Waals surface area contributed by atoms with Crippen LogP contribution in [-0.2, 0) is 6.54 Å². The molecule has 2 aliphatic rings. The Balaban J connectivity index is 1.41. The molecule has 0 saturated carbocycles. The van der Waals surface area contributed by atoms with Crippen LogP contribution in [0.5, 0.6) is 5.88 Å². The average molecular weight is 358 g/mol. The molecular formula is C17H22N6O3. The van der Waals surface area contributed by atoms with Crippen LogP contribution in [0.15, 0.2) is 23.0 Å². The van der Waals surface area contributed by atoms with Crippen molar-refractivity contribution >= 4 is 11.7 Å². The first-order valence-corrected chi connectivity index (χ1v) is 9.02. The summed E-state index contributed by atoms with van der Waals surface area (Å²) >= 11 is 0. The molecule has 1 saturated heterocycles. The lowest BCUT2D eigenvalue weighted by atomic mass is 10.0. The van der Waals surface area contributed by atoms with E-state index in [1.165, 1.54) is 6.07 Å². The molecule has 0 bridgehead atoms. The van der Waals surface area contributed by atoms with Crippen molar-refractivity contribution < 1.29 is 9.53 Å². The number of hydrogen-bond donors (Lipinski definition) is 2. The highest BCUT2D eigenvalue weighted by Crippen LogP contribution is 2.22. The summed E-state index contributed by atoms with van der Waals surface area (Å²) < 4.78 is 7.24. The fourth-order valence-corrected chi connectivity index (χ4v) is 3.49. The van der Waals surface area contributed by atoms with Crippen molar-refractivity contribution in [1.82, 2.24) is 25.3 Å². The monoisotopic (exact) mass is 358 g/mol. The number of fused-ring (bicyclic) bond motifs is 1. The van der Waals surface area contributed by atoms with Crippen LogP contribution < -0.4 is 20.5 Å². The third kappa shape index (κ3) is 3.42. The molecule has 2 aromatic heterocycles. The second-order valence-electron chi connectivity index (χ2n) is 6.63. The Morgan fingerprint density at radius 2 is 2.23 bits per heavy atom. The lowest BCUT2D eigenvalue weighted by Crippen LogP contribution is -2.47. The van der Waals surface area contributed by atoms with E-state index in [0.717, 1.165) is 44.6 Å². The third-order valence-electron chi connectivity index (χ3n) is 4.82. The zero-order valence-electron chi connectivity index (χ0n) is 14.5. The van der Waals surface area contributed by atoms with Gasteiger partial charge in [0.2, 0.25) is 5.88 Å². The maximum absolute atomic E-state index is 12.5. The van der Waals surface area contributed by atoms with Gasteiger partial charge in [0, 0.05) is 44.2 Å². The number of piperidine rings is 1. The minimum absolute atomic E-state index is 0.139. The first-order chi connectivity index (χ1) is 12.7. The SMILES string of the molecule is O=C(NCC1CCCCN1c1ccc(=O)[nH]n1)c1cc2n(n1)CCCO2. The number of carbonyl (C=O) groups excluding carboxylic acids is 1. The van der Waals surface area contributed by atoms with Crippen LogP contribution in [0.1, 0.15) is 36.2 Å². The van der Waals surface area contributed by atoms with E-state index < -0.39 is 0 Å². The van der Waals surface area contributed by atoms with Gasteiger partial charge in [-0.1, -0.05) is 0 Å². The van der Waals surface area contributed by atoms with E-state index in [2.05, 4.69) is 25.5 Å². The van der Waals surface area contributed by atoms with Crippen LogP contribution in [0.4, 0.5) is 5.82 Å². The summed E-state index contributed by atoms with van der Waals surface area (Å²) in [6.45, 7) is 2.79. The zero-order valence-corrected chi connectivity index (χ0v) is 14.5. The van der Waals surface area contributed by atoms with Gasteiger partial charge in [0.1, 0.15) is 5.82 Å². The standard InChI is InChI=1S/C17H22N6O3/c24-15-6-5-14(19-20-15)22-7-2-1-4-12(22)11-18-17(25)13-10-16-23(21-13)8-3-9-26-16/h5-6,10,12H,1-4,7-9,11H2,(H,18,25)(H,20,24). The van der Waals surface area contributed by atoms with Crippen LogP contribution in [0.25, 0.3) is 0 Å². The first-order valence-electron chi connectivity index (χ1n) is 9.02. The van der Waals surface area contributed by atoms with Gasteiger partial charge in [0.05, 0.1) is 6.61 Å². The quantitative estimate of drug-likeness (QED) is 0.826. The van der Waals surface area contributed by atoms with E-state index in [4.69, 9.17) is 4.74 Å². The highest BCUT2D eigenvalue weighted by Gasteiger charge is 2.25. The van der Waals surface area contributed by atoms with Gasteiger partial charge < -0.3 is 15.0 Å². The van der Waals surface area contributed by atoms with E-state index in [1.54, 1.807) is 16.8 Å². The maximum Gasteiger partial charge on any atom is 0.272 e. The van der Waals surface area contributed by atoms with Crippen LogP contribution in [0.2, 0.25) is 0 Å². The minimum atomic E-state index is -0.221. The summed E-state index contributed by atoms with van der Waals surface area (Å²) in [4.78, 5) is 25.8. The van der Waals surface area contributed by atoms with Crippen molar-refractivity contribution in [3.63, 3.8) is 0 Å². The number of amides is 1. The number of anilines is 1. The number of aryl methyl sites for hydroxylation is 1. The summed E-state index contributed by atoms with van der Waals surface area (Å²) in [7, 11) is 0. The summed E-state index contributed by atoms with van der Waals surface area (Å²) in [5.41, 5.74) is 0.160. The first kappa shape index (κ1) is 16.6. The molecule has 9 nitrogen and oxygen atoms in total. The summed E-state index contributed by atoms with van der Waals surface area (Å²) in [6, 6.07) is 5.03. The number of H-pyrrole nitrogens is 1. The van der Waals surface area contributed by atoms with E-state index in [1.807, 2.05) is 0 Å². The van der Waals surface area contributed by atoms with Crippen LogP contribution >= 0.6 is 0 Å². The predicted molar refractivity (Wildman–Crippen MR) is 94.5 cm³/mol. The predicted octanol–water partition coefficient (Wildman–Crippen LogP) is 0.538. The number of aromatic amines is 1. The van der Waals surface area contributed by atoms with Gasteiger partial charge in [0.15, 0.2) is 5.69 Å². The fourth-order valence-electron chi connectivity index (χ4n) is 3.49. The van der Waals surface area contributed by atoms with Crippen molar-refractivity contribution in [3.8, 4) is 5.88 Å². The zero-order chi connectivity index (χ0) is 17.9. The van der Waals surface area contributed by atoms with Crippen molar-refractivity contribution in [2.75, 3.05) is 24.6 Å². The molecule has 2 aliphatic heterocycles. The van der Waals surface area contributed by atoms with Gasteiger partial charge in [0.25, 0.3) is 11.5 Å². The Labute approximate surface area is 150 Å². The number of nitrogens with zero attached hydrogens (tertiary/aromatic N) is 4. The van der Waals surface area contributed by atoms with Crippen molar-refractivity contribution in [3.05, 3.63) is 34.2 Å². The number of rotatable bonds is 4. The highest BCUT2D eigenvalue weighted by molar-refractivity contribution is 5.92. The smallest absolute Gasteiger partial charge is 0.272 e. The van der Waals surface area contributed by atoms with Gasteiger partial charge in [-0.3, -0.25) is 9.59 Å². The molecule has 1 fully saturated rings. The molecule has 4 rings (SSSR count). The van der Waals surface area contributed by atoms with Crippen LogP contribution in [-0.4, -0.2) is 51.6 Å². The van der Waals surface area contributed by atoms with Crippen molar-refractivity contribution in [2.24, 2.45) is 0 Å². The lowest BCUT2D eigenvalue weighted by molar-refractivity contribution is 0.0943. The van der Waals surface area contributed by atoms with E-state index in [9.17, 15) is 9.59 Å². The second kappa shape index (κ2) is 7.19. The van der Waals surface area contributed by atoms with E-state index in [-0.39, 0.29) is 17.5 Å². The molecular weight excluding hydrogens is 336 g/mol. The Morgan fingerprint density at radius 3 is 3.04 bits per heavy atom. The van der Waals surface area contributed by atoms with Crippen molar-refractivity contribution in [2.45, 2.75) is 38.3 Å². The maximum atomic E-state index is 12.5. The number of hydrogen-bond acceptors (Lipinski definition) is 6. The third-order valence-corrected chi connectivity index (χ3v) is 4.82. The molecule has 0 aliphatic carbocycles. The molecule has 26 heavy (non-hydrogen) atoms. The Kier molecular flexibility index (Phi) is 4.59. The molecule has 4 heterocycles. The van der Waals surface area contributed by atoms with Gasteiger partial charge in [-0.05, 0) is 25.3 Å². The van der Waals surface area contributed by atoms with Crippen molar-refractivity contribution in [1.29, 1.82) is 0 Å². The largest absolute Gasteiger partial charge is 0.478 e. The van der Waals surface area contributed by atoms with E-state index >= 15 is 0 Å².